The molecule has 0 unspecified atom stereocenters. The molecule has 7 nitrogen and oxygen atoms in total. The zero-order valence-corrected chi connectivity index (χ0v) is 23.2. The molecule has 0 spiro atoms. The number of aliphatic hydroxyl groups excluding tert-OH is 1. The minimum Gasteiger partial charge on any atom is -0.507 e. The molecule has 2 aliphatic heterocycles. The van der Waals surface area contributed by atoms with E-state index in [2.05, 4.69) is 32.6 Å². The number of benzene rings is 2. The maximum atomic E-state index is 13.4. The van der Waals surface area contributed by atoms with E-state index in [0.29, 0.717) is 36.9 Å². The van der Waals surface area contributed by atoms with Gasteiger partial charge in [-0.25, -0.2) is 0 Å². The van der Waals surface area contributed by atoms with Crippen molar-refractivity contribution >= 4 is 17.4 Å². The number of likely N-dealkylation sites (tertiary alicyclic amines) is 1. The van der Waals surface area contributed by atoms with Gasteiger partial charge in [0, 0.05) is 25.1 Å². The third kappa shape index (κ3) is 5.88. The van der Waals surface area contributed by atoms with Gasteiger partial charge in [-0.3, -0.25) is 9.59 Å². The van der Waals surface area contributed by atoms with Crippen molar-refractivity contribution in [1.29, 1.82) is 0 Å². The van der Waals surface area contributed by atoms with Gasteiger partial charge >= 0.3 is 0 Å². The van der Waals surface area contributed by atoms with Gasteiger partial charge in [-0.15, -0.1) is 0 Å². The smallest absolute Gasteiger partial charge is 0.295 e. The van der Waals surface area contributed by atoms with Gasteiger partial charge < -0.3 is 24.4 Å². The van der Waals surface area contributed by atoms with Gasteiger partial charge in [0.15, 0.2) is 0 Å². The second-order valence-electron chi connectivity index (χ2n) is 10.6. The fourth-order valence-corrected chi connectivity index (χ4v) is 5.16. The van der Waals surface area contributed by atoms with Crippen molar-refractivity contribution in [2.24, 2.45) is 5.92 Å². The highest BCUT2D eigenvalue weighted by atomic mass is 16.5. The molecule has 4 rings (SSSR count). The molecular weight excluding hydrogens is 480 g/mol. The summed E-state index contributed by atoms with van der Waals surface area (Å²) in [6.07, 6.45) is 1.72. The first-order valence-corrected chi connectivity index (χ1v) is 13.8. The average molecular weight is 521 g/mol. The summed E-state index contributed by atoms with van der Waals surface area (Å²) in [6, 6.07) is 12.3. The Morgan fingerprint density at radius 2 is 1.92 bits per heavy atom. The molecule has 0 saturated carbocycles. The molecule has 2 aromatic rings. The summed E-state index contributed by atoms with van der Waals surface area (Å²) >= 11 is 0. The average Bonchev–Trinajstić information content (AvgIpc) is 3.39. The number of rotatable bonds is 11. The van der Waals surface area contributed by atoms with Crippen LogP contribution in [-0.4, -0.2) is 65.5 Å². The van der Waals surface area contributed by atoms with Crippen molar-refractivity contribution in [2.75, 3.05) is 32.8 Å². The number of nitrogens with zero attached hydrogens (tertiary/aromatic N) is 2. The van der Waals surface area contributed by atoms with Crippen molar-refractivity contribution in [3.05, 3.63) is 64.7 Å². The summed E-state index contributed by atoms with van der Waals surface area (Å²) in [4.78, 5) is 30.6. The number of carbonyl (C=O) groups excluding carboxylic acids is 2. The van der Waals surface area contributed by atoms with Crippen molar-refractivity contribution in [2.45, 2.75) is 59.6 Å². The molecule has 0 aliphatic carbocycles. The molecule has 1 N–H and O–H groups in total. The van der Waals surface area contributed by atoms with E-state index in [0.717, 1.165) is 42.8 Å². The number of Topliss-reactive ketones (excluding diaryl/α,β-unsaturated/α-hetero) is 1. The molecule has 38 heavy (non-hydrogen) atoms. The molecule has 204 valence electrons. The van der Waals surface area contributed by atoms with E-state index in [1.807, 2.05) is 43.3 Å². The Bertz CT molecular complexity index is 1200. The molecule has 2 heterocycles. The van der Waals surface area contributed by atoms with Gasteiger partial charge in [0.2, 0.25) is 0 Å². The highest BCUT2D eigenvalue weighted by molar-refractivity contribution is 6.46. The van der Waals surface area contributed by atoms with Crippen LogP contribution in [0.25, 0.3) is 5.76 Å². The molecule has 2 aliphatic rings. The monoisotopic (exact) mass is 520 g/mol. The van der Waals surface area contributed by atoms with E-state index in [1.54, 1.807) is 11.0 Å². The van der Waals surface area contributed by atoms with Crippen molar-refractivity contribution in [3.8, 4) is 11.5 Å². The van der Waals surface area contributed by atoms with Crippen LogP contribution in [0.1, 0.15) is 63.8 Å². The molecule has 7 heteroatoms. The largest absolute Gasteiger partial charge is 0.507 e. The number of aliphatic hydroxyl groups is 1. The lowest BCUT2D eigenvalue weighted by atomic mass is 9.94. The predicted octanol–water partition coefficient (Wildman–Crippen LogP) is 5.20. The first kappa shape index (κ1) is 27.7. The van der Waals surface area contributed by atoms with Crippen LogP contribution >= 0.6 is 0 Å². The summed E-state index contributed by atoms with van der Waals surface area (Å²) in [6.45, 7) is 13.7. The summed E-state index contributed by atoms with van der Waals surface area (Å²) in [5.74, 6) is 0.576. The Labute approximate surface area is 226 Å². The Morgan fingerprint density at radius 1 is 1.16 bits per heavy atom. The number of ether oxygens (including phenoxy) is 2. The summed E-state index contributed by atoms with van der Waals surface area (Å²) in [5.41, 5.74) is 2.35. The van der Waals surface area contributed by atoms with E-state index in [4.69, 9.17) is 9.47 Å². The molecule has 0 radical (unpaired) electrons. The second-order valence-corrected chi connectivity index (χ2v) is 10.6. The third-order valence-corrected chi connectivity index (χ3v) is 7.40. The fourth-order valence-electron chi connectivity index (χ4n) is 5.16. The lowest BCUT2D eigenvalue weighted by Crippen LogP contribution is -2.38. The number of fused-ring (bicyclic) bond motifs is 1. The first-order valence-electron chi connectivity index (χ1n) is 13.8. The van der Waals surface area contributed by atoms with Gasteiger partial charge in [-0.05, 0) is 73.8 Å². The Morgan fingerprint density at radius 3 is 2.63 bits per heavy atom. The highest BCUT2D eigenvalue weighted by Crippen LogP contribution is 2.41. The first-order chi connectivity index (χ1) is 18.2. The van der Waals surface area contributed by atoms with Crippen LogP contribution in [-0.2, 0) is 16.0 Å². The minimum absolute atomic E-state index is 0.0616. The predicted molar refractivity (Wildman–Crippen MR) is 148 cm³/mol. The summed E-state index contributed by atoms with van der Waals surface area (Å²) in [7, 11) is 0. The summed E-state index contributed by atoms with van der Waals surface area (Å²) in [5, 5.41) is 11.5. The standard InChI is InChI=1S/C31H40N2O5/c1-6-32(7-2)14-15-33-28(22-9-8-10-25(19-22)37-16-13-20(3)4)27(30(35)31(33)36)29(34)23-11-12-26-24(18-23)17-21(5)38-26/h8-12,18-21,28,34H,6-7,13-17H2,1-5H3/t21-,28+/m0/s1. The zero-order chi connectivity index (χ0) is 27.4. The van der Waals surface area contributed by atoms with E-state index in [9.17, 15) is 14.7 Å². The maximum Gasteiger partial charge on any atom is 0.295 e. The van der Waals surface area contributed by atoms with Crippen molar-refractivity contribution in [3.63, 3.8) is 0 Å². The van der Waals surface area contributed by atoms with Gasteiger partial charge in [0.1, 0.15) is 23.4 Å². The number of carbonyl (C=O) groups is 2. The van der Waals surface area contributed by atoms with Crippen LogP contribution in [0.3, 0.4) is 0 Å². The maximum absolute atomic E-state index is 13.4. The van der Waals surface area contributed by atoms with Gasteiger partial charge in [-0.2, -0.15) is 0 Å². The van der Waals surface area contributed by atoms with Gasteiger partial charge in [0.25, 0.3) is 11.7 Å². The second kappa shape index (κ2) is 12.0. The van der Waals surface area contributed by atoms with Crippen LogP contribution < -0.4 is 9.47 Å². The van der Waals surface area contributed by atoms with Crippen LogP contribution in [0.4, 0.5) is 0 Å². The SMILES string of the molecule is CCN(CC)CCN1C(=O)C(=O)C(=C(O)c2ccc3c(c2)C[C@H](C)O3)[C@H]1c1cccc(OCCC(C)C)c1. The molecule has 2 aromatic carbocycles. The zero-order valence-electron chi connectivity index (χ0n) is 23.2. The fraction of sp³-hybridized carbons (Fsp3) is 0.484. The molecule has 1 saturated heterocycles. The van der Waals surface area contributed by atoms with Crippen molar-refractivity contribution in [1.82, 2.24) is 9.80 Å². The molecule has 1 fully saturated rings. The lowest BCUT2D eigenvalue weighted by Gasteiger charge is -2.28. The summed E-state index contributed by atoms with van der Waals surface area (Å²) < 4.78 is 11.8. The van der Waals surface area contributed by atoms with E-state index < -0.39 is 17.7 Å². The number of likely N-dealkylation sites (N-methyl/N-ethyl adjacent to an activating group) is 1. The number of ketones is 1. The molecular formula is C31H40N2O5. The number of hydrogen-bond acceptors (Lipinski definition) is 6. The third-order valence-electron chi connectivity index (χ3n) is 7.40. The van der Waals surface area contributed by atoms with Gasteiger partial charge in [-0.1, -0.05) is 39.8 Å². The Balaban J connectivity index is 1.74. The number of hydrogen-bond donors (Lipinski definition) is 1. The highest BCUT2D eigenvalue weighted by Gasteiger charge is 2.46. The Hall–Kier alpha value is -3.32. The van der Waals surface area contributed by atoms with E-state index >= 15 is 0 Å². The molecule has 1 amide bonds. The molecule has 0 aromatic heterocycles. The normalized spacial score (nSPS) is 20.3. The van der Waals surface area contributed by atoms with Crippen LogP contribution in [0.2, 0.25) is 0 Å². The lowest BCUT2D eigenvalue weighted by molar-refractivity contribution is -0.140. The molecule has 0 bridgehead atoms. The van der Waals surface area contributed by atoms with E-state index in [-0.39, 0.29) is 17.4 Å². The quantitative estimate of drug-likeness (QED) is 0.249. The van der Waals surface area contributed by atoms with Crippen LogP contribution in [0, 0.1) is 5.92 Å². The van der Waals surface area contributed by atoms with Gasteiger partial charge in [0.05, 0.1) is 18.2 Å². The molecule has 2 atom stereocenters. The topological polar surface area (TPSA) is 79.3 Å². The van der Waals surface area contributed by atoms with Crippen LogP contribution in [0.5, 0.6) is 11.5 Å². The minimum atomic E-state index is -0.706. The van der Waals surface area contributed by atoms with E-state index in [1.165, 1.54) is 0 Å². The Kier molecular flexibility index (Phi) is 8.77. The number of amides is 1. The van der Waals surface area contributed by atoms with Crippen LogP contribution in [0.15, 0.2) is 48.0 Å². The van der Waals surface area contributed by atoms with Crippen molar-refractivity contribution < 1.29 is 24.2 Å².